The minimum atomic E-state index is -0.522. The second-order valence-corrected chi connectivity index (χ2v) is 7.07. The Labute approximate surface area is 115 Å². The fourth-order valence-corrected chi connectivity index (χ4v) is 2.02. The summed E-state index contributed by atoms with van der Waals surface area (Å²) in [6.45, 7) is 11.9. The van der Waals surface area contributed by atoms with Crippen LogP contribution in [0.25, 0.3) is 0 Å². The number of urea groups is 1. The third-order valence-corrected chi connectivity index (χ3v) is 2.67. The molecule has 0 bridgehead atoms. The fourth-order valence-electron chi connectivity index (χ4n) is 2.02. The van der Waals surface area contributed by atoms with Gasteiger partial charge < -0.3 is 15.0 Å². The van der Waals surface area contributed by atoms with Crippen LogP contribution < -0.4 is 5.32 Å². The highest BCUT2D eigenvalue weighted by atomic mass is 16.6. The van der Waals surface area contributed by atoms with E-state index in [1.807, 2.05) is 41.5 Å². The Morgan fingerprint density at radius 1 is 1.16 bits per heavy atom. The van der Waals surface area contributed by atoms with E-state index in [-0.39, 0.29) is 17.5 Å². The molecule has 110 valence electrons. The monoisotopic (exact) mass is 270 g/mol. The van der Waals surface area contributed by atoms with Crippen molar-refractivity contribution in [3.05, 3.63) is 0 Å². The van der Waals surface area contributed by atoms with E-state index in [1.165, 1.54) is 0 Å². The predicted octanol–water partition coefficient (Wildman–Crippen LogP) is 2.30. The van der Waals surface area contributed by atoms with Gasteiger partial charge in [-0.15, -0.1) is 0 Å². The summed E-state index contributed by atoms with van der Waals surface area (Å²) in [5, 5.41) is 2.89. The Bertz CT molecular complexity index is 319. The number of nitrogens with one attached hydrogen (secondary N) is 1. The molecule has 0 aromatic heterocycles. The maximum Gasteiger partial charge on any atom is 0.329 e. The van der Waals surface area contributed by atoms with Crippen molar-refractivity contribution in [3.8, 4) is 0 Å². The van der Waals surface area contributed by atoms with Crippen LogP contribution in [-0.2, 0) is 9.53 Å². The van der Waals surface area contributed by atoms with Gasteiger partial charge in [0.2, 0.25) is 0 Å². The quantitative estimate of drug-likeness (QED) is 0.744. The van der Waals surface area contributed by atoms with Crippen LogP contribution in [-0.4, -0.2) is 40.6 Å². The molecule has 1 rings (SSSR count). The van der Waals surface area contributed by atoms with Gasteiger partial charge in [0, 0.05) is 12.1 Å². The van der Waals surface area contributed by atoms with Crippen LogP contribution in [0.1, 0.15) is 54.4 Å². The molecule has 1 saturated heterocycles. The average Bonchev–Trinajstić information content (AvgIpc) is 2.59. The molecule has 0 unspecified atom stereocenters. The number of rotatable bonds is 1. The molecule has 0 aromatic carbocycles. The van der Waals surface area contributed by atoms with Gasteiger partial charge in [0.1, 0.15) is 11.6 Å². The average molecular weight is 270 g/mol. The van der Waals surface area contributed by atoms with Gasteiger partial charge in [-0.2, -0.15) is 0 Å². The third kappa shape index (κ3) is 5.09. The molecule has 1 heterocycles. The molecule has 5 heteroatoms. The van der Waals surface area contributed by atoms with Gasteiger partial charge in [-0.05, 0) is 54.4 Å². The smallest absolute Gasteiger partial charge is 0.329 e. The van der Waals surface area contributed by atoms with Crippen molar-refractivity contribution in [2.45, 2.75) is 71.6 Å². The zero-order chi connectivity index (χ0) is 14.8. The van der Waals surface area contributed by atoms with Crippen LogP contribution in [0, 0.1) is 0 Å². The standard InChI is InChI=1S/C14H26N2O3/c1-13(2,3)15-12(18)16-9-7-8-10(16)11(17)19-14(4,5)6/h10H,7-9H2,1-6H3,(H,15,18)/t10-/m0/s1. The van der Waals surface area contributed by atoms with Gasteiger partial charge >= 0.3 is 12.0 Å². The largest absolute Gasteiger partial charge is 0.458 e. The molecule has 1 fully saturated rings. The van der Waals surface area contributed by atoms with Crippen LogP contribution in [0.2, 0.25) is 0 Å². The van der Waals surface area contributed by atoms with E-state index < -0.39 is 11.6 Å². The Hall–Kier alpha value is -1.26. The second-order valence-electron chi connectivity index (χ2n) is 7.07. The lowest BCUT2D eigenvalue weighted by atomic mass is 10.1. The third-order valence-electron chi connectivity index (χ3n) is 2.67. The highest BCUT2D eigenvalue weighted by Gasteiger charge is 2.37. The van der Waals surface area contributed by atoms with Gasteiger partial charge in [-0.3, -0.25) is 0 Å². The first-order valence-electron chi connectivity index (χ1n) is 6.81. The van der Waals surface area contributed by atoms with Gasteiger partial charge in [0.05, 0.1) is 0 Å². The predicted molar refractivity (Wildman–Crippen MR) is 73.9 cm³/mol. The number of carbonyl (C=O) groups excluding carboxylic acids is 2. The van der Waals surface area contributed by atoms with E-state index in [4.69, 9.17) is 4.74 Å². The van der Waals surface area contributed by atoms with Crippen molar-refractivity contribution >= 4 is 12.0 Å². The molecule has 1 aliphatic rings. The van der Waals surface area contributed by atoms with Crippen LogP contribution in [0.4, 0.5) is 4.79 Å². The molecule has 1 atom stereocenters. The molecular weight excluding hydrogens is 244 g/mol. The maximum absolute atomic E-state index is 12.1. The number of likely N-dealkylation sites (tertiary alicyclic amines) is 1. The fraction of sp³-hybridized carbons (Fsp3) is 0.857. The van der Waals surface area contributed by atoms with E-state index in [2.05, 4.69) is 5.32 Å². The molecule has 0 saturated carbocycles. The van der Waals surface area contributed by atoms with Gasteiger partial charge in [0.25, 0.3) is 0 Å². The molecule has 0 spiro atoms. The van der Waals surface area contributed by atoms with E-state index >= 15 is 0 Å². The molecule has 1 aliphatic heterocycles. The summed E-state index contributed by atoms with van der Waals surface area (Å²) < 4.78 is 5.37. The number of carbonyl (C=O) groups is 2. The Morgan fingerprint density at radius 2 is 1.74 bits per heavy atom. The Kier molecular flexibility index (Phi) is 4.48. The SMILES string of the molecule is CC(C)(C)NC(=O)N1CCC[C@H]1C(=O)OC(C)(C)C. The zero-order valence-electron chi connectivity index (χ0n) is 12.9. The number of amides is 2. The lowest BCUT2D eigenvalue weighted by Gasteiger charge is -2.30. The molecule has 0 aromatic rings. The summed E-state index contributed by atoms with van der Waals surface area (Å²) in [5.41, 5.74) is -0.829. The highest BCUT2D eigenvalue weighted by molar-refractivity contribution is 5.84. The van der Waals surface area contributed by atoms with Crippen LogP contribution >= 0.6 is 0 Å². The summed E-state index contributed by atoms with van der Waals surface area (Å²) in [4.78, 5) is 25.8. The second kappa shape index (κ2) is 5.39. The number of ether oxygens (including phenoxy) is 1. The lowest BCUT2D eigenvalue weighted by Crippen LogP contribution is -2.52. The van der Waals surface area contributed by atoms with Crippen molar-refractivity contribution in [1.29, 1.82) is 0 Å². The first-order chi connectivity index (χ1) is 8.49. The maximum atomic E-state index is 12.1. The molecule has 0 radical (unpaired) electrons. The molecule has 19 heavy (non-hydrogen) atoms. The summed E-state index contributed by atoms with van der Waals surface area (Å²) in [6.07, 6.45) is 1.51. The minimum Gasteiger partial charge on any atom is -0.458 e. The van der Waals surface area contributed by atoms with Crippen molar-refractivity contribution in [3.63, 3.8) is 0 Å². The van der Waals surface area contributed by atoms with E-state index in [0.29, 0.717) is 13.0 Å². The van der Waals surface area contributed by atoms with Crippen LogP contribution in [0.15, 0.2) is 0 Å². The first-order valence-corrected chi connectivity index (χ1v) is 6.81. The van der Waals surface area contributed by atoms with E-state index in [0.717, 1.165) is 6.42 Å². The summed E-state index contributed by atoms with van der Waals surface area (Å²) >= 11 is 0. The van der Waals surface area contributed by atoms with Crippen LogP contribution in [0.3, 0.4) is 0 Å². The number of hydrogen-bond donors (Lipinski definition) is 1. The first kappa shape index (κ1) is 15.8. The number of nitrogens with zero attached hydrogens (tertiary/aromatic N) is 1. The molecule has 1 N–H and O–H groups in total. The molecule has 0 aliphatic carbocycles. The minimum absolute atomic E-state index is 0.194. The molecular formula is C14H26N2O3. The lowest BCUT2D eigenvalue weighted by molar-refractivity contribution is -0.159. The van der Waals surface area contributed by atoms with Crippen molar-refractivity contribution in [2.24, 2.45) is 0 Å². The Balaban J connectivity index is 2.69. The number of esters is 1. The normalized spacial score (nSPS) is 20.3. The van der Waals surface area contributed by atoms with Crippen molar-refractivity contribution < 1.29 is 14.3 Å². The number of hydrogen-bond acceptors (Lipinski definition) is 3. The van der Waals surface area contributed by atoms with Crippen molar-refractivity contribution in [1.82, 2.24) is 10.2 Å². The zero-order valence-corrected chi connectivity index (χ0v) is 12.9. The Morgan fingerprint density at radius 3 is 2.21 bits per heavy atom. The van der Waals surface area contributed by atoms with E-state index in [9.17, 15) is 9.59 Å². The van der Waals surface area contributed by atoms with Crippen molar-refractivity contribution in [2.75, 3.05) is 6.54 Å². The van der Waals surface area contributed by atoms with Crippen LogP contribution in [0.5, 0.6) is 0 Å². The summed E-state index contributed by atoms with van der Waals surface area (Å²) in [6, 6.07) is -0.651. The van der Waals surface area contributed by atoms with E-state index in [1.54, 1.807) is 4.90 Å². The van der Waals surface area contributed by atoms with Gasteiger partial charge in [-0.1, -0.05) is 0 Å². The highest BCUT2D eigenvalue weighted by Crippen LogP contribution is 2.21. The topological polar surface area (TPSA) is 58.6 Å². The molecule has 2 amide bonds. The van der Waals surface area contributed by atoms with Gasteiger partial charge in [-0.25, -0.2) is 9.59 Å². The van der Waals surface area contributed by atoms with Gasteiger partial charge in [0.15, 0.2) is 0 Å². The molecule has 5 nitrogen and oxygen atoms in total. The summed E-state index contributed by atoms with van der Waals surface area (Å²) in [5.74, 6) is -0.311. The summed E-state index contributed by atoms with van der Waals surface area (Å²) in [7, 11) is 0.